The molecule has 1 aromatic carbocycles. The summed E-state index contributed by atoms with van der Waals surface area (Å²) in [7, 11) is 0. The summed E-state index contributed by atoms with van der Waals surface area (Å²) >= 11 is 2.28. The van der Waals surface area contributed by atoms with E-state index < -0.39 is 0 Å². The molecule has 0 amide bonds. The lowest BCUT2D eigenvalue weighted by molar-refractivity contribution is -0.122. The van der Waals surface area contributed by atoms with Crippen molar-refractivity contribution in [2.24, 2.45) is 5.92 Å². The van der Waals surface area contributed by atoms with E-state index in [1.54, 1.807) is 0 Å². The van der Waals surface area contributed by atoms with Crippen LogP contribution in [0.5, 0.6) is 0 Å². The monoisotopic (exact) mass is 314 g/mol. The highest BCUT2D eigenvalue weighted by molar-refractivity contribution is 14.1. The topological polar surface area (TPSA) is 17.1 Å². The van der Waals surface area contributed by atoms with Gasteiger partial charge in [-0.1, -0.05) is 25.0 Å². The molecule has 1 aliphatic carbocycles. The fourth-order valence-electron chi connectivity index (χ4n) is 2.20. The van der Waals surface area contributed by atoms with Crippen molar-refractivity contribution in [3.8, 4) is 0 Å². The normalized spacial score (nSPS) is 16.9. The molecule has 0 aliphatic heterocycles. The quantitative estimate of drug-likeness (QED) is 0.779. The minimum absolute atomic E-state index is 0.351. The summed E-state index contributed by atoms with van der Waals surface area (Å²) in [5.41, 5.74) is 1.16. The molecule has 0 bridgehead atoms. The maximum Gasteiger partial charge on any atom is 0.140 e. The van der Waals surface area contributed by atoms with Gasteiger partial charge in [0, 0.05) is 15.9 Å². The Morgan fingerprint density at radius 2 is 1.80 bits per heavy atom. The van der Waals surface area contributed by atoms with Crippen molar-refractivity contribution in [2.45, 2.75) is 32.1 Å². The van der Waals surface area contributed by atoms with Crippen molar-refractivity contribution in [1.29, 1.82) is 0 Å². The molecule has 0 radical (unpaired) electrons. The predicted molar refractivity (Wildman–Crippen MR) is 69.8 cm³/mol. The molecule has 0 unspecified atom stereocenters. The van der Waals surface area contributed by atoms with E-state index in [1.165, 1.54) is 16.4 Å². The zero-order chi connectivity index (χ0) is 10.7. The molecule has 2 heteroatoms. The molecule has 1 saturated carbocycles. The van der Waals surface area contributed by atoms with Crippen LogP contribution in [-0.4, -0.2) is 5.78 Å². The van der Waals surface area contributed by atoms with Gasteiger partial charge >= 0.3 is 0 Å². The summed E-state index contributed by atoms with van der Waals surface area (Å²) < 4.78 is 1.23. The number of benzene rings is 1. The SMILES string of the molecule is O=C(Cc1ccc(I)cc1)C1CCCC1. The maximum absolute atomic E-state index is 11.9. The summed E-state index contributed by atoms with van der Waals surface area (Å²) in [6, 6.07) is 8.26. The van der Waals surface area contributed by atoms with Gasteiger partial charge in [-0.3, -0.25) is 4.79 Å². The summed E-state index contributed by atoms with van der Waals surface area (Å²) in [6.45, 7) is 0. The lowest BCUT2D eigenvalue weighted by Crippen LogP contribution is -2.13. The first-order valence-electron chi connectivity index (χ1n) is 5.53. The van der Waals surface area contributed by atoms with Gasteiger partial charge in [-0.25, -0.2) is 0 Å². The number of carbonyl (C=O) groups is 1. The number of Topliss-reactive ketones (excluding diaryl/α,β-unsaturated/α-hetero) is 1. The second kappa shape index (κ2) is 5.10. The van der Waals surface area contributed by atoms with E-state index in [-0.39, 0.29) is 0 Å². The molecule has 0 saturated heterocycles. The minimum atomic E-state index is 0.351. The Balaban J connectivity index is 1.96. The molecule has 2 rings (SSSR count). The Bertz CT molecular complexity index is 336. The van der Waals surface area contributed by atoms with E-state index in [9.17, 15) is 4.79 Å². The summed E-state index contributed by atoms with van der Waals surface area (Å²) in [6.07, 6.45) is 5.33. The number of hydrogen-bond acceptors (Lipinski definition) is 1. The van der Waals surface area contributed by atoms with Gasteiger partial charge in [0.25, 0.3) is 0 Å². The van der Waals surface area contributed by atoms with Crippen LogP contribution < -0.4 is 0 Å². The fourth-order valence-corrected chi connectivity index (χ4v) is 2.56. The van der Waals surface area contributed by atoms with Crippen LogP contribution in [0.2, 0.25) is 0 Å². The largest absolute Gasteiger partial charge is 0.299 e. The van der Waals surface area contributed by atoms with Crippen molar-refractivity contribution < 1.29 is 4.79 Å². The average molecular weight is 314 g/mol. The van der Waals surface area contributed by atoms with Crippen molar-refractivity contribution in [1.82, 2.24) is 0 Å². The highest BCUT2D eigenvalue weighted by Gasteiger charge is 2.22. The second-order valence-electron chi connectivity index (χ2n) is 4.25. The molecule has 15 heavy (non-hydrogen) atoms. The molecule has 1 aromatic rings. The molecule has 1 aliphatic rings. The van der Waals surface area contributed by atoms with E-state index in [1.807, 2.05) is 0 Å². The standard InChI is InChI=1S/C13H15IO/c14-12-7-5-10(6-8-12)9-13(15)11-3-1-2-4-11/h5-8,11H,1-4,9H2. The first-order valence-corrected chi connectivity index (χ1v) is 6.61. The van der Waals surface area contributed by atoms with Gasteiger partial charge in [0.05, 0.1) is 0 Å². The van der Waals surface area contributed by atoms with Crippen LogP contribution in [0, 0.1) is 9.49 Å². The maximum atomic E-state index is 11.9. The van der Waals surface area contributed by atoms with Gasteiger partial charge in [-0.05, 0) is 53.1 Å². The van der Waals surface area contributed by atoms with E-state index in [4.69, 9.17) is 0 Å². The Kier molecular flexibility index (Phi) is 3.78. The van der Waals surface area contributed by atoms with Gasteiger partial charge in [-0.15, -0.1) is 0 Å². The molecule has 0 N–H and O–H groups in total. The second-order valence-corrected chi connectivity index (χ2v) is 5.50. The number of hydrogen-bond donors (Lipinski definition) is 0. The highest BCUT2D eigenvalue weighted by Crippen LogP contribution is 2.26. The van der Waals surface area contributed by atoms with Gasteiger partial charge < -0.3 is 0 Å². The molecule has 0 spiro atoms. The molecule has 1 nitrogen and oxygen atoms in total. The van der Waals surface area contributed by atoms with Crippen LogP contribution in [0.1, 0.15) is 31.2 Å². The van der Waals surface area contributed by atoms with Crippen LogP contribution in [0.3, 0.4) is 0 Å². The lowest BCUT2D eigenvalue weighted by Gasteiger charge is -2.07. The Hall–Kier alpha value is -0.380. The van der Waals surface area contributed by atoms with E-state index in [0.29, 0.717) is 18.1 Å². The molecule has 0 atom stereocenters. The molecule has 1 fully saturated rings. The zero-order valence-corrected chi connectivity index (χ0v) is 10.9. The third kappa shape index (κ3) is 3.03. The van der Waals surface area contributed by atoms with Crippen LogP contribution >= 0.6 is 22.6 Å². The lowest BCUT2D eigenvalue weighted by atomic mass is 9.97. The van der Waals surface area contributed by atoms with Crippen molar-refractivity contribution in [3.63, 3.8) is 0 Å². The van der Waals surface area contributed by atoms with Crippen LogP contribution in [-0.2, 0) is 11.2 Å². The van der Waals surface area contributed by atoms with Gasteiger partial charge in [0.1, 0.15) is 5.78 Å². The highest BCUT2D eigenvalue weighted by atomic mass is 127. The molecular weight excluding hydrogens is 299 g/mol. The van der Waals surface area contributed by atoms with Crippen molar-refractivity contribution in [2.75, 3.05) is 0 Å². The summed E-state index contributed by atoms with van der Waals surface area (Å²) in [4.78, 5) is 11.9. The fraction of sp³-hybridized carbons (Fsp3) is 0.462. The Morgan fingerprint density at radius 1 is 1.20 bits per heavy atom. The van der Waals surface area contributed by atoms with E-state index in [0.717, 1.165) is 18.4 Å². The van der Waals surface area contributed by atoms with Crippen molar-refractivity contribution in [3.05, 3.63) is 33.4 Å². The summed E-state index contributed by atoms with van der Waals surface area (Å²) in [5, 5.41) is 0. The first-order chi connectivity index (χ1) is 7.25. The van der Waals surface area contributed by atoms with E-state index in [2.05, 4.69) is 46.9 Å². The van der Waals surface area contributed by atoms with Gasteiger partial charge in [-0.2, -0.15) is 0 Å². The Morgan fingerprint density at radius 3 is 2.40 bits per heavy atom. The number of carbonyl (C=O) groups excluding carboxylic acids is 1. The smallest absolute Gasteiger partial charge is 0.140 e. The number of rotatable bonds is 3. The van der Waals surface area contributed by atoms with Crippen LogP contribution in [0.4, 0.5) is 0 Å². The summed E-state index contributed by atoms with van der Waals surface area (Å²) in [5.74, 6) is 0.790. The van der Waals surface area contributed by atoms with Crippen LogP contribution in [0.15, 0.2) is 24.3 Å². The minimum Gasteiger partial charge on any atom is -0.299 e. The molecule has 80 valence electrons. The third-order valence-corrected chi connectivity index (χ3v) is 3.82. The zero-order valence-electron chi connectivity index (χ0n) is 8.71. The molecule has 0 heterocycles. The Labute approximate surface area is 104 Å². The average Bonchev–Trinajstić information content (AvgIpc) is 2.74. The first kappa shape index (κ1) is 11.1. The van der Waals surface area contributed by atoms with Crippen LogP contribution in [0.25, 0.3) is 0 Å². The molecule has 0 aromatic heterocycles. The van der Waals surface area contributed by atoms with E-state index >= 15 is 0 Å². The number of ketones is 1. The van der Waals surface area contributed by atoms with Crippen molar-refractivity contribution >= 4 is 28.4 Å². The van der Waals surface area contributed by atoms with Gasteiger partial charge in [0.15, 0.2) is 0 Å². The third-order valence-electron chi connectivity index (χ3n) is 3.10. The van der Waals surface area contributed by atoms with Gasteiger partial charge in [0.2, 0.25) is 0 Å². The molecular formula is C13H15IO. The number of halogens is 1. The predicted octanol–water partition coefficient (Wildman–Crippen LogP) is 3.59.